The normalized spacial score (nSPS) is 30.8. The lowest BCUT2D eigenvalue weighted by Crippen LogP contribution is -2.48. The number of hydrogen-bond donors (Lipinski definition) is 2. The van der Waals surface area contributed by atoms with Gasteiger partial charge in [0.05, 0.1) is 5.92 Å². The molecule has 0 spiro atoms. The van der Waals surface area contributed by atoms with Gasteiger partial charge < -0.3 is 15.4 Å². The van der Waals surface area contributed by atoms with E-state index in [2.05, 4.69) is 34.9 Å². The third kappa shape index (κ3) is 4.53. The summed E-state index contributed by atoms with van der Waals surface area (Å²) < 4.78 is 5.80. The Balaban J connectivity index is 1.50. The second kappa shape index (κ2) is 8.06. The molecule has 4 heteroatoms. The SMILES string of the molecule is CC(C)(C)OC(=O)C1CC2CCCC2NC1c1ccc(NC2CCCC2)cc1. The van der Waals surface area contributed by atoms with Crippen LogP contribution in [0.4, 0.5) is 5.69 Å². The Morgan fingerprint density at radius 2 is 1.75 bits per heavy atom. The van der Waals surface area contributed by atoms with Crippen molar-refractivity contribution in [3.05, 3.63) is 29.8 Å². The van der Waals surface area contributed by atoms with E-state index in [9.17, 15) is 4.79 Å². The molecule has 1 saturated heterocycles. The lowest BCUT2D eigenvalue weighted by Gasteiger charge is -2.40. The minimum absolute atomic E-state index is 0.0507. The highest BCUT2D eigenvalue weighted by Gasteiger charge is 2.44. The Kier molecular flexibility index (Phi) is 5.69. The first-order valence-electron chi connectivity index (χ1n) is 11.2. The third-order valence-corrected chi connectivity index (χ3v) is 6.72. The molecule has 4 rings (SSSR count). The van der Waals surface area contributed by atoms with Gasteiger partial charge in [-0.3, -0.25) is 4.79 Å². The lowest BCUT2D eigenvalue weighted by atomic mass is 9.78. The van der Waals surface area contributed by atoms with Crippen LogP contribution in [0.3, 0.4) is 0 Å². The predicted molar refractivity (Wildman–Crippen MR) is 113 cm³/mol. The van der Waals surface area contributed by atoms with E-state index in [1.54, 1.807) is 0 Å². The summed E-state index contributed by atoms with van der Waals surface area (Å²) in [5, 5.41) is 7.48. The van der Waals surface area contributed by atoms with Gasteiger partial charge in [0.2, 0.25) is 0 Å². The molecule has 154 valence electrons. The number of hydrogen-bond acceptors (Lipinski definition) is 4. The Morgan fingerprint density at radius 3 is 2.43 bits per heavy atom. The summed E-state index contributed by atoms with van der Waals surface area (Å²) in [7, 11) is 0. The van der Waals surface area contributed by atoms with E-state index in [0.717, 1.165) is 6.42 Å². The van der Waals surface area contributed by atoms with Gasteiger partial charge in [0.15, 0.2) is 0 Å². The number of piperidine rings is 1. The van der Waals surface area contributed by atoms with Gasteiger partial charge >= 0.3 is 5.97 Å². The van der Waals surface area contributed by atoms with Gasteiger partial charge in [-0.15, -0.1) is 0 Å². The minimum atomic E-state index is -0.441. The van der Waals surface area contributed by atoms with Gasteiger partial charge in [-0.1, -0.05) is 31.4 Å². The van der Waals surface area contributed by atoms with Crippen LogP contribution in [-0.2, 0) is 9.53 Å². The largest absolute Gasteiger partial charge is 0.460 e. The number of benzene rings is 1. The summed E-state index contributed by atoms with van der Waals surface area (Å²) in [4.78, 5) is 13.0. The van der Waals surface area contributed by atoms with Crippen molar-refractivity contribution in [3.63, 3.8) is 0 Å². The molecule has 0 amide bonds. The summed E-state index contributed by atoms with van der Waals surface area (Å²) >= 11 is 0. The maximum atomic E-state index is 13.0. The zero-order chi connectivity index (χ0) is 19.7. The molecule has 3 fully saturated rings. The van der Waals surface area contributed by atoms with E-state index in [-0.39, 0.29) is 17.9 Å². The molecule has 0 bridgehead atoms. The summed E-state index contributed by atoms with van der Waals surface area (Å²) in [6.45, 7) is 5.87. The van der Waals surface area contributed by atoms with Crippen molar-refractivity contribution in [2.24, 2.45) is 11.8 Å². The fraction of sp³-hybridized carbons (Fsp3) is 0.708. The summed E-state index contributed by atoms with van der Waals surface area (Å²) in [6, 6.07) is 9.97. The number of esters is 1. The van der Waals surface area contributed by atoms with Crippen molar-refractivity contribution < 1.29 is 9.53 Å². The molecule has 4 atom stereocenters. The number of rotatable bonds is 4. The van der Waals surface area contributed by atoms with Crippen molar-refractivity contribution in [2.45, 2.75) is 95.9 Å². The molecular weight excluding hydrogens is 348 g/mol. The molecule has 4 nitrogen and oxygen atoms in total. The Labute approximate surface area is 169 Å². The van der Waals surface area contributed by atoms with Crippen LogP contribution in [0.1, 0.15) is 83.7 Å². The molecule has 3 aliphatic rings. The molecule has 2 N–H and O–H groups in total. The summed E-state index contributed by atoms with van der Waals surface area (Å²) in [5.74, 6) is 0.452. The monoisotopic (exact) mass is 384 g/mol. The molecule has 0 aromatic heterocycles. The number of anilines is 1. The van der Waals surface area contributed by atoms with Gasteiger partial charge in [-0.2, -0.15) is 0 Å². The van der Waals surface area contributed by atoms with E-state index in [1.807, 2.05) is 20.8 Å². The van der Waals surface area contributed by atoms with Crippen LogP contribution in [0.2, 0.25) is 0 Å². The van der Waals surface area contributed by atoms with Gasteiger partial charge in [0, 0.05) is 23.8 Å². The first-order valence-corrected chi connectivity index (χ1v) is 11.2. The van der Waals surface area contributed by atoms with Crippen molar-refractivity contribution in [1.29, 1.82) is 0 Å². The van der Waals surface area contributed by atoms with Crippen molar-refractivity contribution in [2.75, 3.05) is 5.32 Å². The van der Waals surface area contributed by atoms with Crippen LogP contribution in [0.5, 0.6) is 0 Å². The number of nitrogens with one attached hydrogen (secondary N) is 2. The van der Waals surface area contributed by atoms with Crippen LogP contribution in [0.15, 0.2) is 24.3 Å². The van der Waals surface area contributed by atoms with Crippen LogP contribution in [0, 0.1) is 11.8 Å². The van der Waals surface area contributed by atoms with E-state index in [4.69, 9.17) is 4.74 Å². The van der Waals surface area contributed by atoms with Crippen LogP contribution in [0.25, 0.3) is 0 Å². The number of fused-ring (bicyclic) bond motifs is 1. The fourth-order valence-electron chi connectivity index (χ4n) is 5.38. The molecule has 28 heavy (non-hydrogen) atoms. The zero-order valence-corrected chi connectivity index (χ0v) is 17.7. The number of carbonyl (C=O) groups excluding carboxylic acids is 1. The van der Waals surface area contributed by atoms with Crippen LogP contribution in [-0.4, -0.2) is 23.7 Å². The average molecular weight is 385 g/mol. The molecule has 1 aromatic rings. The fourth-order valence-corrected chi connectivity index (χ4v) is 5.38. The highest BCUT2D eigenvalue weighted by molar-refractivity contribution is 5.74. The van der Waals surface area contributed by atoms with Crippen LogP contribution < -0.4 is 10.6 Å². The molecule has 1 aliphatic heterocycles. The quantitative estimate of drug-likeness (QED) is 0.700. The second-order valence-electron chi connectivity index (χ2n) is 10.1. The summed E-state index contributed by atoms with van der Waals surface area (Å²) in [6.07, 6.45) is 9.88. The van der Waals surface area contributed by atoms with E-state index in [0.29, 0.717) is 18.0 Å². The minimum Gasteiger partial charge on any atom is -0.460 e. The highest BCUT2D eigenvalue weighted by atomic mass is 16.6. The zero-order valence-electron chi connectivity index (χ0n) is 17.7. The highest BCUT2D eigenvalue weighted by Crippen LogP contribution is 2.42. The third-order valence-electron chi connectivity index (χ3n) is 6.72. The first kappa shape index (κ1) is 19.8. The Hall–Kier alpha value is -1.55. The topological polar surface area (TPSA) is 50.4 Å². The van der Waals surface area contributed by atoms with Gasteiger partial charge in [0.1, 0.15) is 5.60 Å². The number of ether oxygens (including phenoxy) is 1. The molecular formula is C24H36N2O2. The smallest absolute Gasteiger partial charge is 0.311 e. The average Bonchev–Trinajstić information content (AvgIpc) is 3.31. The maximum absolute atomic E-state index is 13.0. The predicted octanol–water partition coefficient (Wildman–Crippen LogP) is 5.20. The first-order chi connectivity index (χ1) is 13.4. The molecule has 1 heterocycles. The van der Waals surface area contributed by atoms with Crippen molar-refractivity contribution in [1.82, 2.24) is 5.32 Å². The van der Waals surface area contributed by atoms with Gasteiger partial charge in [-0.05, 0) is 76.5 Å². The van der Waals surface area contributed by atoms with Crippen LogP contribution >= 0.6 is 0 Å². The Morgan fingerprint density at radius 1 is 1.04 bits per heavy atom. The van der Waals surface area contributed by atoms with E-state index >= 15 is 0 Å². The molecule has 2 aliphatic carbocycles. The second-order valence-corrected chi connectivity index (χ2v) is 10.1. The van der Waals surface area contributed by atoms with Crippen molar-refractivity contribution >= 4 is 11.7 Å². The van der Waals surface area contributed by atoms with E-state index in [1.165, 1.54) is 56.2 Å². The standard InChI is InChI=1S/C24H36N2O2/c1-24(2,3)28-23(27)20-15-17-7-6-10-21(17)26-22(20)16-11-13-19(14-12-16)25-18-8-4-5-9-18/h11-14,17-18,20-22,25-26H,4-10,15H2,1-3H3. The van der Waals surface area contributed by atoms with Crippen molar-refractivity contribution in [3.8, 4) is 0 Å². The molecule has 4 unspecified atom stereocenters. The summed E-state index contributed by atoms with van der Waals surface area (Å²) in [5.41, 5.74) is 1.96. The Bertz CT molecular complexity index is 673. The lowest BCUT2D eigenvalue weighted by molar-refractivity contribution is -0.163. The molecule has 2 saturated carbocycles. The van der Waals surface area contributed by atoms with Gasteiger partial charge in [-0.25, -0.2) is 0 Å². The number of carbonyl (C=O) groups is 1. The maximum Gasteiger partial charge on any atom is 0.311 e. The van der Waals surface area contributed by atoms with Gasteiger partial charge in [0.25, 0.3) is 0 Å². The van der Waals surface area contributed by atoms with E-state index < -0.39 is 5.60 Å². The molecule has 1 aromatic carbocycles. The molecule has 0 radical (unpaired) electrons.